The van der Waals surface area contributed by atoms with E-state index in [0.717, 1.165) is 18.4 Å². The second-order valence-corrected chi connectivity index (χ2v) is 9.81. The van der Waals surface area contributed by atoms with Crippen molar-refractivity contribution in [2.24, 2.45) is 4.99 Å². The van der Waals surface area contributed by atoms with Crippen molar-refractivity contribution in [1.29, 1.82) is 0 Å². The number of benzene rings is 1. The molecule has 1 aromatic rings. The van der Waals surface area contributed by atoms with E-state index in [-0.39, 0.29) is 17.6 Å². The fourth-order valence-electron chi connectivity index (χ4n) is 3.44. The van der Waals surface area contributed by atoms with Crippen molar-refractivity contribution in [3.63, 3.8) is 0 Å². The molecule has 0 aromatic heterocycles. The number of rotatable bonds is 8. The van der Waals surface area contributed by atoms with Gasteiger partial charge in [0.15, 0.2) is 5.96 Å². The van der Waals surface area contributed by atoms with E-state index >= 15 is 0 Å². The van der Waals surface area contributed by atoms with Gasteiger partial charge in [0.2, 0.25) is 10.0 Å². The van der Waals surface area contributed by atoms with Crippen LogP contribution in [0.15, 0.2) is 23.2 Å². The zero-order valence-electron chi connectivity index (χ0n) is 17.9. The molecule has 0 bridgehead atoms. The van der Waals surface area contributed by atoms with E-state index < -0.39 is 10.0 Å². The molecule has 1 aromatic carbocycles. The lowest BCUT2D eigenvalue weighted by Gasteiger charge is -2.32. The number of halogens is 1. The number of sulfonamides is 1. The molecule has 2 N–H and O–H groups in total. The van der Waals surface area contributed by atoms with E-state index in [0.29, 0.717) is 44.1 Å². The average molecular weight is 428 g/mol. The minimum Gasteiger partial charge on any atom is -0.354 e. The maximum atomic E-state index is 13.9. The Bertz CT molecular complexity index is 790. The molecule has 164 valence electrons. The smallest absolute Gasteiger partial charge is 0.214 e. The van der Waals surface area contributed by atoms with Gasteiger partial charge in [0, 0.05) is 44.8 Å². The Hall–Kier alpha value is -1.71. The van der Waals surface area contributed by atoms with Crippen LogP contribution >= 0.6 is 0 Å². The van der Waals surface area contributed by atoms with Crippen LogP contribution in [0.4, 0.5) is 4.39 Å². The summed E-state index contributed by atoms with van der Waals surface area (Å²) in [6, 6.07) is 5.31. The van der Waals surface area contributed by atoms with Crippen LogP contribution in [0.1, 0.15) is 37.3 Å². The van der Waals surface area contributed by atoms with Crippen molar-refractivity contribution in [2.75, 3.05) is 40.0 Å². The van der Waals surface area contributed by atoms with Crippen molar-refractivity contribution >= 4 is 16.0 Å². The van der Waals surface area contributed by atoms with E-state index in [1.807, 2.05) is 32.0 Å². The van der Waals surface area contributed by atoms with Gasteiger partial charge < -0.3 is 15.5 Å². The summed E-state index contributed by atoms with van der Waals surface area (Å²) in [6.07, 6.45) is 2.12. The summed E-state index contributed by atoms with van der Waals surface area (Å²) in [4.78, 5) is 6.20. The SMILES string of the molecule is CCCS(=O)(=O)N1CCC(NC(=NC)NCc2ccc(F)c(CN(C)C)c2)CC1. The summed E-state index contributed by atoms with van der Waals surface area (Å²) in [6.45, 7) is 4.02. The van der Waals surface area contributed by atoms with Gasteiger partial charge in [-0.1, -0.05) is 13.0 Å². The molecule has 1 aliphatic rings. The minimum atomic E-state index is -3.13. The Kier molecular flexibility index (Phi) is 8.85. The molecule has 29 heavy (non-hydrogen) atoms. The average Bonchev–Trinajstić information content (AvgIpc) is 2.67. The Morgan fingerprint density at radius 1 is 1.31 bits per heavy atom. The molecule has 0 radical (unpaired) electrons. The highest BCUT2D eigenvalue weighted by Gasteiger charge is 2.27. The van der Waals surface area contributed by atoms with E-state index in [4.69, 9.17) is 0 Å². The predicted molar refractivity (Wildman–Crippen MR) is 116 cm³/mol. The maximum Gasteiger partial charge on any atom is 0.214 e. The molecule has 2 rings (SSSR count). The topological polar surface area (TPSA) is 77.0 Å². The first kappa shape index (κ1) is 23.6. The molecular formula is C20H34FN5O2S. The Morgan fingerprint density at radius 3 is 2.59 bits per heavy atom. The number of hydrogen-bond acceptors (Lipinski definition) is 4. The number of hydrogen-bond donors (Lipinski definition) is 2. The van der Waals surface area contributed by atoms with E-state index in [9.17, 15) is 12.8 Å². The van der Waals surface area contributed by atoms with E-state index in [1.165, 1.54) is 6.07 Å². The number of guanidine groups is 1. The largest absolute Gasteiger partial charge is 0.354 e. The van der Waals surface area contributed by atoms with Crippen LogP contribution in [-0.4, -0.2) is 69.6 Å². The third kappa shape index (κ3) is 7.24. The summed E-state index contributed by atoms with van der Waals surface area (Å²) in [5, 5.41) is 6.64. The lowest BCUT2D eigenvalue weighted by Crippen LogP contribution is -2.49. The zero-order chi connectivity index (χ0) is 21.4. The van der Waals surface area contributed by atoms with Gasteiger partial charge in [0.05, 0.1) is 5.75 Å². The summed E-state index contributed by atoms with van der Waals surface area (Å²) >= 11 is 0. The van der Waals surface area contributed by atoms with Crippen LogP contribution in [0.2, 0.25) is 0 Å². The van der Waals surface area contributed by atoms with Crippen LogP contribution in [-0.2, 0) is 23.1 Å². The fourth-order valence-corrected chi connectivity index (χ4v) is 4.98. The molecule has 1 heterocycles. The molecule has 9 heteroatoms. The van der Waals surface area contributed by atoms with Gasteiger partial charge in [-0.25, -0.2) is 17.1 Å². The molecule has 7 nitrogen and oxygen atoms in total. The lowest BCUT2D eigenvalue weighted by molar-refractivity contribution is 0.306. The highest BCUT2D eigenvalue weighted by Crippen LogP contribution is 2.15. The standard InChI is InChI=1S/C20H34FN5O2S/c1-5-12-29(27,28)26-10-8-18(9-11-26)24-20(22-2)23-14-16-6-7-19(21)17(13-16)15-25(3)4/h6-7,13,18H,5,8-12,14-15H2,1-4H3,(H2,22,23,24). The highest BCUT2D eigenvalue weighted by atomic mass is 32.2. The maximum absolute atomic E-state index is 13.9. The molecule has 0 aliphatic carbocycles. The summed E-state index contributed by atoms with van der Waals surface area (Å²) in [7, 11) is 2.40. The molecule has 1 saturated heterocycles. The number of aliphatic imine (C=N–C) groups is 1. The molecule has 0 unspecified atom stereocenters. The summed E-state index contributed by atoms with van der Waals surface area (Å²) in [5.41, 5.74) is 1.64. The molecular weight excluding hydrogens is 393 g/mol. The lowest BCUT2D eigenvalue weighted by atomic mass is 10.1. The summed E-state index contributed by atoms with van der Waals surface area (Å²) in [5.74, 6) is 0.676. The van der Waals surface area contributed by atoms with Gasteiger partial charge in [0.1, 0.15) is 5.82 Å². The van der Waals surface area contributed by atoms with E-state index in [2.05, 4.69) is 15.6 Å². The second kappa shape index (κ2) is 10.9. The van der Waals surface area contributed by atoms with Crippen molar-refractivity contribution < 1.29 is 12.8 Å². The first-order valence-corrected chi connectivity index (χ1v) is 11.7. The van der Waals surface area contributed by atoms with Gasteiger partial charge in [-0.15, -0.1) is 0 Å². The first-order valence-electron chi connectivity index (χ1n) is 10.1. The molecule has 0 atom stereocenters. The second-order valence-electron chi connectivity index (χ2n) is 7.72. The molecule has 0 spiro atoms. The van der Waals surface area contributed by atoms with Crippen LogP contribution in [0.5, 0.6) is 0 Å². The van der Waals surface area contributed by atoms with Crippen LogP contribution in [0.3, 0.4) is 0 Å². The highest BCUT2D eigenvalue weighted by molar-refractivity contribution is 7.89. The normalized spacial score (nSPS) is 17.0. The molecule has 1 aliphatic heterocycles. The van der Waals surface area contributed by atoms with Crippen molar-refractivity contribution in [3.05, 3.63) is 35.1 Å². The van der Waals surface area contributed by atoms with Gasteiger partial charge >= 0.3 is 0 Å². The minimum absolute atomic E-state index is 0.173. The van der Waals surface area contributed by atoms with Crippen molar-refractivity contribution in [1.82, 2.24) is 19.8 Å². The first-order chi connectivity index (χ1) is 13.7. The summed E-state index contributed by atoms with van der Waals surface area (Å²) < 4.78 is 39.9. The Morgan fingerprint density at radius 2 is 2.00 bits per heavy atom. The monoisotopic (exact) mass is 427 g/mol. The molecule has 0 amide bonds. The third-order valence-corrected chi connectivity index (χ3v) is 7.01. The number of piperidine rings is 1. The molecule has 1 fully saturated rings. The Labute approximate surface area is 174 Å². The zero-order valence-corrected chi connectivity index (χ0v) is 18.7. The van der Waals surface area contributed by atoms with Gasteiger partial charge in [0.25, 0.3) is 0 Å². The van der Waals surface area contributed by atoms with Crippen LogP contribution < -0.4 is 10.6 Å². The van der Waals surface area contributed by atoms with Gasteiger partial charge in [-0.2, -0.15) is 0 Å². The van der Waals surface area contributed by atoms with Crippen molar-refractivity contribution in [3.8, 4) is 0 Å². The van der Waals surface area contributed by atoms with E-state index in [1.54, 1.807) is 17.4 Å². The quantitative estimate of drug-likeness (QED) is 0.488. The predicted octanol–water partition coefficient (Wildman–Crippen LogP) is 1.76. The van der Waals surface area contributed by atoms with Crippen LogP contribution in [0, 0.1) is 5.82 Å². The van der Waals surface area contributed by atoms with Gasteiger partial charge in [-0.05, 0) is 51.1 Å². The Balaban J connectivity index is 1.86. The molecule has 0 saturated carbocycles. The van der Waals surface area contributed by atoms with Gasteiger partial charge in [-0.3, -0.25) is 4.99 Å². The fraction of sp³-hybridized carbons (Fsp3) is 0.650. The number of nitrogens with zero attached hydrogens (tertiary/aromatic N) is 3. The van der Waals surface area contributed by atoms with Crippen LogP contribution in [0.25, 0.3) is 0 Å². The number of nitrogens with one attached hydrogen (secondary N) is 2. The van der Waals surface area contributed by atoms with Crippen molar-refractivity contribution in [2.45, 2.75) is 45.3 Å². The third-order valence-electron chi connectivity index (χ3n) is 4.93.